The van der Waals surface area contributed by atoms with E-state index in [1.807, 2.05) is 0 Å². The fourth-order valence-corrected chi connectivity index (χ4v) is 2.89. The minimum absolute atomic E-state index is 0.0668. The number of benzene rings is 1. The van der Waals surface area contributed by atoms with E-state index >= 15 is 0 Å². The van der Waals surface area contributed by atoms with Crippen LogP contribution in [-0.2, 0) is 6.54 Å². The minimum Gasteiger partial charge on any atom is -0.461 e. The van der Waals surface area contributed by atoms with Gasteiger partial charge in [0.15, 0.2) is 5.76 Å². The zero-order valence-corrected chi connectivity index (χ0v) is 13.0. The zero-order chi connectivity index (χ0) is 15.4. The molecule has 0 radical (unpaired) electrons. The maximum atomic E-state index is 12.0. The average Bonchev–Trinajstić information content (AvgIpc) is 3.04. The first kappa shape index (κ1) is 15.0. The van der Waals surface area contributed by atoms with Crippen molar-refractivity contribution >= 4 is 5.78 Å². The van der Waals surface area contributed by atoms with Crippen LogP contribution in [-0.4, -0.2) is 48.3 Å². The number of Topliss-reactive ketones (excluding diaryl/α,β-unsaturated/α-hetero) is 1. The smallest absolute Gasteiger partial charge is 0.211 e. The molecule has 3 rings (SSSR count). The van der Waals surface area contributed by atoms with E-state index in [1.54, 1.807) is 18.4 Å². The van der Waals surface area contributed by atoms with E-state index in [1.165, 1.54) is 11.1 Å². The largest absolute Gasteiger partial charge is 0.461 e. The van der Waals surface area contributed by atoms with Gasteiger partial charge < -0.3 is 4.42 Å². The fourth-order valence-electron chi connectivity index (χ4n) is 2.89. The third-order valence-corrected chi connectivity index (χ3v) is 4.12. The number of carbonyl (C=O) groups excluding carboxylic acids is 1. The van der Waals surface area contributed by atoms with Crippen LogP contribution in [0.5, 0.6) is 0 Å². The lowest BCUT2D eigenvalue weighted by Crippen LogP contribution is -2.47. The Hall–Kier alpha value is -1.91. The van der Waals surface area contributed by atoms with Gasteiger partial charge in [-0.3, -0.25) is 14.6 Å². The minimum atomic E-state index is 0.0668. The Balaban J connectivity index is 1.47. The highest BCUT2D eigenvalue weighted by molar-refractivity contribution is 5.94. The van der Waals surface area contributed by atoms with Gasteiger partial charge in [-0.15, -0.1) is 0 Å². The molecule has 0 aliphatic carbocycles. The lowest BCUT2D eigenvalue weighted by atomic mass is 10.1. The second-order valence-electron chi connectivity index (χ2n) is 5.94. The molecule has 116 valence electrons. The molecule has 4 nitrogen and oxygen atoms in total. The number of nitrogens with zero attached hydrogens (tertiary/aromatic N) is 2. The second kappa shape index (κ2) is 6.90. The van der Waals surface area contributed by atoms with Gasteiger partial charge in [0.05, 0.1) is 12.8 Å². The van der Waals surface area contributed by atoms with Crippen molar-refractivity contribution in [1.82, 2.24) is 9.80 Å². The normalized spacial score (nSPS) is 16.8. The molecular weight excluding hydrogens is 276 g/mol. The molecule has 1 fully saturated rings. The fraction of sp³-hybridized carbons (Fsp3) is 0.389. The molecule has 0 bridgehead atoms. The lowest BCUT2D eigenvalue weighted by Gasteiger charge is -2.34. The van der Waals surface area contributed by atoms with Crippen LogP contribution in [0.3, 0.4) is 0 Å². The molecule has 0 spiro atoms. The number of furan rings is 1. The summed E-state index contributed by atoms with van der Waals surface area (Å²) in [5.74, 6) is 0.527. The zero-order valence-electron chi connectivity index (χ0n) is 13.0. The standard InChI is InChI=1S/C18H22N2O2/c1-15-4-2-5-16(12-15)13-19-7-9-20(10-8-19)14-17(21)18-6-3-11-22-18/h2-6,11-12H,7-10,13-14H2,1H3. The molecule has 1 saturated heterocycles. The molecule has 0 saturated carbocycles. The van der Waals surface area contributed by atoms with Crippen molar-refractivity contribution in [2.75, 3.05) is 32.7 Å². The highest BCUT2D eigenvalue weighted by atomic mass is 16.3. The van der Waals surface area contributed by atoms with Crippen molar-refractivity contribution in [3.05, 3.63) is 59.5 Å². The highest BCUT2D eigenvalue weighted by Gasteiger charge is 2.20. The SMILES string of the molecule is Cc1cccc(CN2CCN(CC(=O)c3ccco3)CC2)c1. The summed E-state index contributed by atoms with van der Waals surface area (Å²) < 4.78 is 5.16. The van der Waals surface area contributed by atoms with E-state index in [-0.39, 0.29) is 5.78 Å². The van der Waals surface area contributed by atoms with Crippen molar-refractivity contribution in [2.45, 2.75) is 13.5 Å². The molecule has 22 heavy (non-hydrogen) atoms. The molecule has 1 aliphatic heterocycles. The van der Waals surface area contributed by atoms with Gasteiger partial charge in [-0.2, -0.15) is 0 Å². The monoisotopic (exact) mass is 298 g/mol. The van der Waals surface area contributed by atoms with Crippen molar-refractivity contribution in [3.8, 4) is 0 Å². The van der Waals surface area contributed by atoms with Gasteiger partial charge in [-0.1, -0.05) is 29.8 Å². The van der Waals surface area contributed by atoms with Gasteiger partial charge in [0.25, 0.3) is 0 Å². The van der Waals surface area contributed by atoms with E-state index in [2.05, 4.69) is 41.0 Å². The Morgan fingerprint density at radius 2 is 1.86 bits per heavy atom. The Labute approximate surface area is 131 Å². The molecule has 2 heterocycles. The summed E-state index contributed by atoms with van der Waals surface area (Å²) in [6.07, 6.45) is 1.55. The molecule has 1 aliphatic rings. The summed E-state index contributed by atoms with van der Waals surface area (Å²) in [5, 5.41) is 0. The van der Waals surface area contributed by atoms with Crippen LogP contribution < -0.4 is 0 Å². The Morgan fingerprint density at radius 3 is 2.55 bits per heavy atom. The third-order valence-electron chi connectivity index (χ3n) is 4.12. The molecule has 1 aromatic heterocycles. The number of piperazine rings is 1. The molecule has 2 aromatic rings. The van der Waals surface area contributed by atoms with Crippen molar-refractivity contribution < 1.29 is 9.21 Å². The van der Waals surface area contributed by atoms with E-state index in [0.717, 1.165) is 32.7 Å². The molecule has 1 aromatic carbocycles. The van der Waals surface area contributed by atoms with E-state index in [4.69, 9.17) is 4.42 Å². The first-order valence-corrected chi connectivity index (χ1v) is 7.78. The van der Waals surface area contributed by atoms with Crippen LogP contribution in [0.2, 0.25) is 0 Å². The predicted octanol–water partition coefficient (Wildman–Crippen LogP) is 2.59. The van der Waals surface area contributed by atoms with E-state index in [0.29, 0.717) is 12.3 Å². The summed E-state index contributed by atoms with van der Waals surface area (Å²) in [6, 6.07) is 12.2. The van der Waals surface area contributed by atoms with Gasteiger partial charge >= 0.3 is 0 Å². The molecule has 0 amide bonds. The molecule has 0 atom stereocenters. The van der Waals surface area contributed by atoms with E-state index in [9.17, 15) is 4.79 Å². The summed E-state index contributed by atoms with van der Waals surface area (Å²) in [7, 11) is 0. The average molecular weight is 298 g/mol. The first-order valence-electron chi connectivity index (χ1n) is 7.78. The molecule has 0 unspecified atom stereocenters. The van der Waals surface area contributed by atoms with Crippen LogP contribution in [0.4, 0.5) is 0 Å². The Morgan fingerprint density at radius 1 is 1.09 bits per heavy atom. The number of aryl methyl sites for hydroxylation is 1. The lowest BCUT2D eigenvalue weighted by molar-refractivity contribution is 0.0819. The van der Waals surface area contributed by atoms with Crippen molar-refractivity contribution in [1.29, 1.82) is 0 Å². The third kappa shape index (κ3) is 3.84. The summed E-state index contributed by atoms with van der Waals surface area (Å²) in [6.45, 7) is 7.42. The van der Waals surface area contributed by atoms with Crippen LogP contribution in [0.1, 0.15) is 21.7 Å². The number of carbonyl (C=O) groups is 1. The maximum absolute atomic E-state index is 12.0. The number of ketones is 1. The van der Waals surface area contributed by atoms with Gasteiger partial charge in [-0.05, 0) is 24.6 Å². The second-order valence-corrected chi connectivity index (χ2v) is 5.94. The van der Waals surface area contributed by atoms with Crippen molar-refractivity contribution in [3.63, 3.8) is 0 Å². The summed E-state index contributed by atoms with van der Waals surface area (Å²) in [4.78, 5) is 16.7. The summed E-state index contributed by atoms with van der Waals surface area (Å²) >= 11 is 0. The highest BCUT2D eigenvalue weighted by Crippen LogP contribution is 2.11. The maximum Gasteiger partial charge on any atom is 0.211 e. The molecular formula is C18H22N2O2. The quantitative estimate of drug-likeness (QED) is 0.795. The van der Waals surface area contributed by atoms with Gasteiger partial charge in [0, 0.05) is 32.7 Å². The number of hydrogen-bond acceptors (Lipinski definition) is 4. The first-order chi connectivity index (χ1) is 10.7. The topological polar surface area (TPSA) is 36.7 Å². The van der Waals surface area contributed by atoms with Gasteiger partial charge in [-0.25, -0.2) is 0 Å². The van der Waals surface area contributed by atoms with E-state index < -0.39 is 0 Å². The predicted molar refractivity (Wildman–Crippen MR) is 85.9 cm³/mol. The molecule has 0 N–H and O–H groups in total. The Kier molecular flexibility index (Phi) is 4.71. The van der Waals surface area contributed by atoms with Crippen molar-refractivity contribution in [2.24, 2.45) is 0 Å². The number of hydrogen-bond donors (Lipinski definition) is 0. The van der Waals surface area contributed by atoms with Crippen LogP contribution in [0.15, 0.2) is 47.1 Å². The number of rotatable bonds is 5. The van der Waals surface area contributed by atoms with Crippen LogP contribution in [0, 0.1) is 6.92 Å². The summed E-state index contributed by atoms with van der Waals surface area (Å²) in [5.41, 5.74) is 2.67. The van der Waals surface area contributed by atoms with Gasteiger partial charge in [0.2, 0.25) is 5.78 Å². The molecule has 4 heteroatoms. The van der Waals surface area contributed by atoms with Gasteiger partial charge in [0.1, 0.15) is 0 Å². The van der Waals surface area contributed by atoms with Crippen LogP contribution >= 0.6 is 0 Å². The van der Waals surface area contributed by atoms with Crippen LogP contribution in [0.25, 0.3) is 0 Å². The Bertz CT molecular complexity index is 614.